The fraction of sp³-hybridized carbons (Fsp3) is 0.444. The number of hydrogen-bond acceptors (Lipinski definition) is 6. The van der Waals surface area contributed by atoms with Crippen molar-refractivity contribution in [3.05, 3.63) is 57.8 Å². The van der Waals surface area contributed by atoms with Gasteiger partial charge in [-0.05, 0) is 79.9 Å². The molecule has 2 amide bonds. The van der Waals surface area contributed by atoms with Crippen LogP contribution in [0, 0.1) is 13.8 Å². The second-order valence-corrected chi connectivity index (χ2v) is 10.00. The summed E-state index contributed by atoms with van der Waals surface area (Å²) in [5, 5.41) is 8.35. The molecule has 2 heterocycles. The summed E-state index contributed by atoms with van der Waals surface area (Å²) >= 11 is 0.755. The molecule has 1 aromatic rings. The number of carbonyl (C=O) groups is 3. The second-order valence-electron chi connectivity index (χ2n) is 9.00. The van der Waals surface area contributed by atoms with Crippen LogP contribution in [0.2, 0.25) is 0 Å². The molecular formula is C27H34N2O5S. The number of carbonyl (C=O) groups excluding carboxylic acids is 2. The molecule has 0 saturated carbocycles. The van der Waals surface area contributed by atoms with Crippen molar-refractivity contribution in [2.24, 2.45) is 0 Å². The summed E-state index contributed by atoms with van der Waals surface area (Å²) in [5.74, 6) is -0.237. The highest BCUT2D eigenvalue weighted by molar-refractivity contribution is 8.18. The largest absolute Gasteiger partial charge is 0.480 e. The lowest BCUT2D eigenvalue weighted by molar-refractivity contribution is -0.140. The average molecular weight is 499 g/mol. The number of thioether (sulfide) groups is 1. The second kappa shape index (κ2) is 12.1. The van der Waals surface area contributed by atoms with Gasteiger partial charge in [0.15, 0.2) is 5.75 Å². The smallest absolute Gasteiger partial charge is 0.323 e. The number of aryl methyl sites for hydroxylation is 2. The molecule has 0 aromatic heterocycles. The molecule has 35 heavy (non-hydrogen) atoms. The van der Waals surface area contributed by atoms with Crippen LogP contribution in [-0.2, 0) is 9.59 Å². The maximum Gasteiger partial charge on any atom is 0.323 e. The Morgan fingerprint density at radius 2 is 1.74 bits per heavy atom. The quantitative estimate of drug-likeness (QED) is 0.282. The van der Waals surface area contributed by atoms with Crippen molar-refractivity contribution in [2.75, 3.05) is 18.0 Å². The first-order valence-electron chi connectivity index (χ1n) is 12.1. The first kappa shape index (κ1) is 26.6. The van der Waals surface area contributed by atoms with Gasteiger partial charge in [-0.15, -0.1) is 0 Å². The van der Waals surface area contributed by atoms with Crippen LogP contribution in [0.25, 0.3) is 0 Å². The molecule has 1 fully saturated rings. The minimum atomic E-state index is -1.22. The molecule has 2 aliphatic rings. The molecule has 7 nitrogen and oxygen atoms in total. The van der Waals surface area contributed by atoms with E-state index < -0.39 is 23.7 Å². The minimum Gasteiger partial charge on any atom is -0.480 e. The summed E-state index contributed by atoms with van der Waals surface area (Å²) in [7, 11) is 0. The van der Waals surface area contributed by atoms with Crippen molar-refractivity contribution < 1.29 is 24.2 Å². The van der Waals surface area contributed by atoms with E-state index in [1.54, 1.807) is 6.08 Å². The molecule has 0 radical (unpaired) electrons. The van der Waals surface area contributed by atoms with Crippen LogP contribution in [0.3, 0.4) is 0 Å². The van der Waals surface area contributed by atoms with Crippen LogP contribution in [0.4, 0.5) is 10.5 Å². The van der Waals surface area contributed by atoms with Gasteiger partial charge in [0.1, 0.15) is 6.54 Å². The Labute approximate surface area is 211 Å². The normalized spacial score (nSPS) is 18.1. The van der Waals surface area contributed by atoms with Crippen molar-refractivity contribution >= 4 is 34.6 Å². The summed E-state index contributed by atoms with van der Waals surface area (Å²) in [4.78, 5) is 38.5. The van der Waals surface area contributed by atoms with E-state index in [1.807, 2.05) is 19.1 Å². The van der Waals surface area contributed by atoms with Crippen LogP contribution in [0.15, 0.2) is 46.7 Å². The number of carboxylic acid groups (broad SMARTS) is 1. The average Bonchev–Trinajstić information content (AvgIpc) is 3.26. The zero-order valence-electron chi connectivity index (χ0n) is 20.9. The molecule has 0 atom stereocenters. The Balaban J connectivity index is 1.76. The summed E-state index contributed by atoms with van der Waals surface area (Å²) in [6.45, 7) is 8.44. The van der Waals surface area contributed by atoms with Crippen LogP contribution < -0.4 is 9.64 Å². The number of benzene rings is 1. The summed E-state index contributed by atoms with van der Waals surface area (Å²) < 4.78 is 6.19. The first-order chi connectivity index (χ1) is 16.7. The minimum absolute atomic E-state index is 0.217. The Hall–Kier alpha value is -3.00. The predicted molar refractivity (Wildman–Crippen MR) is 140 cm³/mol. The third-order valence-corrected chi connectivity index (χ3v) is 7.00. The monoisotopic (exact) mass is 498 g/mol. The lowest BCUT2D eigenvalue weighted by Gasteiger charge is -2.18. The van der Waals surface area contributed by atoms with Gasteiger partial charge in [-0.2, -0.15) is 0 Å². The molecule has 0 aliphatic carbocycles. The molecule has 0 spiro atoms. The third-order valence-electron chi connectivity index (χ3n) is 6.10. The maximum absolute atomic E-state index is 12.4. The zero-order valence-corrected chi connectivity index (χ0v) is 21.7. The fourth-order valence-electron chi connectivity index (χ4n) is 3.99. The number of ether oxygens (including phenoxy) is 1. The van der Waals surface area contributed by atoms with Crippen LogP contribution >= 0.6 is 11.8 Å². The standard InChI is InChI=1S/C27H34N2O5S/c1-5-6-7-8-9-10-13-28-21-15-19(3)20(4)16-22(21)34-24(28)12-11-18(2)14-23-26(32)29(17-25(30)31)27(33)35-23/h11-12,14-16H,5-10,13,17H2,1-4H3,(H,30,31). The number of fused-ring (bicyclic) bond motifs is 1. The molecule has 1 saturated heterocycles. The topological polar surface area (TPSA) is 87.2 Å². The number of imide groups is 1. The highest BCUT2D eigenvalue weighted by Gasteiger charge is 2.36. The lowest BCUT2D eigenvalue weighted by atomic mass is 10.1. The van der Waals surface area contributed by atoms with Gasteiger partial charge in [0.25, 0.3) is 11.1 Å². The molecular weight excluding hydrogens is 464 g/mol. The van der Waals surface area contributed by atoms with Crippen molar-refractivity contribution in [1.82, 2.24) is 4.90 Å². The van der Waals surface area contributed by atoms with Gasteiger partial charge in [0, 0.05) is 6.54 Å². The third kappa shape index (κ3) is 6.78. The van der Waals surface area contributed by atoms with E-state index in [9.17, 15) is 14.4 Å². The van der Waals surface area contributed by atoms with Gasteiger partial charge in [-0.1, -0.05) is 45.1 Å². The SMILES string of the molecule is CCCCCCCCN1C(=CC=C(C)C=C2SC(=O)N(CC(=O)O)C2=O)Oc2cc(C)c(C)cc21. The van der Waals surface area contributed by atoms with Gasteiger partial charge >= 0.3 is 5.97 Å². The molecule has 3 rings (SSSR count). The summed E-state index contributed by atoms with van der Waals surface area (Å²) in [6.07, 6.45) is 12.6. The van der Waals surface area contributed by atoms with Crippen molar-refractivity contribution in [2.45, 2.75) is 66.2 Å². The number of unbranched alkanes of at least 4 members (excludes halogenated alkanes) is 5. The number of hydrogen-bond donors (Lipinski definition) is 1. The molecule has 2 aliphatic heterocycles. The molecule has 8 heteroatoms. The Morgan fingerprint density at radius 3 is 2.46 bits per heavy atom. The maximum atomic E-state index is 12.4. The van der Waals surface area contributed by atoms with Gasteiger partial charge in [-0.25, -0.2) is 0 Å². The van der Waals surface area contributed by atoms with Gasteiger partial charge < -0.3 is 14.7 Å². The highest BCUT2D eigenvalue weighted by Crippen LogP contribution is 2.41. The van der Waals surface area contributed by atoms with Crippen LogP contribution in [0.1, 0.15) is 63.5 Å². The van der Waals surface area contributed by atoms with Crippen molar-refractivity contribution in [1.29, 1.82) is 0 Å². The van der Waals surface area contributed by atoms with Gasteiger partial charge in [-0.3, -0.25) is 19.3 Å². The number of anilines is 1. The van der Waals surface area contributed by atoms with E-state index in [-0.39, 0.29) is 4.91 Å². The first-order valence-corrected chi connectivity index (χ1v) is 12.9. The molecule has 0 unspecified atom stereocenters. The Bertz CT molecular complexity index is 1090. The number of allylic oxidation sites excluding steroid dienone is 4. The molecule has 188 valence electrons. The summed E-state index contributed by atoms with van der Waals surface area (Å²) in [6, 6.07) is 4.23. The number of carboxylic acids is 1. The molecule has 0 bridgehead atoms. The van der Waals surface area contributed by atoms with Crippen LogP contribution in [0.5, 0.6) is 5.75 Å². The van der Waals surface area contributed by atoms with Crippen LogP contribution in [-0.4, -0.2) is 40.2 Å². The van der Waals surface area contributed by atoms with E-state index in [0.717, 1.165) is 52.5 Å². The Morgan fingerprint density at radius 1 is 1.06 bits per heavy atom. The van der Waals surface area contributed by atoms with E-state index in [2.05, 4.69) is 37.8 Å². The molecule has 1 aromatic carbocycles. The predicted octanol–water partition coefficient (Wildman–Crippen LogP) is 6.31. The van der Waals surface area contributed by atoms with Crippen molar-refractivity contribution in [3.63, 3.8) is 0 Å². The van der Waals surface area contributed by atoms with E-state index in [0.29, 0.717) is 0 Å². The summed E-state index contributed by atoms with van der Waals surface area (Å²) in [5.41, 5.74) is 4.21. The molecule has 1 N–H and O–H groups in total. The van der Waals surface area contributed by atoms with E-state index >= 15 is 0 Å². The number of amides is 2. The van der Waals surface area contributed by atoms with Gasteiger partial charge in [0.2, 0.25) is 5.88 Å². The lowest BCUT2D eigenvalue weighted by Crippen LogP contribution is -2.33. The number of nitrogens with zero attached hydrogens (tertiary/aromatic N) is 2. The fourth-order valence-corrected chi connectivity index (χ4v) is 4.88. The van der Waals surface area contributed by atoms with E-state index in [1.165, 1.54) is 43.2 Å². The van der Waals surface area contributed by atoms with Crippen molar-refractivity contribution in [3.8, 4) is 5.75 Å². The number of rotatable bonds is 11. The zero-order chi connectivity index (χ0) is 25.5. The highest BCUT2D eigenvalue weighted by atomic mass is 32.2. The number of aliphatic carboxylic acids is 1. The Kier molecular flexibility index (Phi) is 9.20. The van der Waals surface area contributed by atoms with Gasteiger partial charge in [0.05, 0.1) is 10.6 Å². The van der Waals surface area contributed by atoms with E-state index in [4.69, 9.17) is 9.84 Å².